The molecule has 6 nitrogen and oxygen atoms in total. The van der Waals surface area contributed by atoms with Gasteiger partial charge in [0, 0.05) is 66.8 Å². The third-order valence-electron chi connectivity index (χ3n) is 9.68. The molecule has 1 N–H and O–H groups in total. The Morgan fingerprint density at radius 2 is 1.45 bits per heavy atom. The molecule has 3 aromatic carbocycles. The number of fused-ring (bicyclic) bond motifs is 8. The summed E-state index contributed by atoms with van der Waals surface area (Å²) >= 11 is 0. The minimum Gasteiger partial charge on any atom is -0.441 e. The number of hydrogen-bond acceptors (Lipinski definition) is 6. The molecule has 3 aromatic rings. The molecule has 1 aliphatic carbocycles. The number of anilines is 2. The third kappa shape index (κ3) is 3.52. The first-order valence-electron chi connectivity index (χ1n) is 14.7. The Labute approximate surface area is 236 Å². The molecule has 208 valence electrons. The predicted molar refractivity (Wildman–Crippen MR) is 157 cm³/mol. The maximum Gasteiger partial charge on any atom is 0.340 e. The van der Waals surface area contributed by atoms with Gasteiger partial charge in [0.25, 0.3) is 0 Å². The number of aryl methyl sites for hydroxylation is 2. The summed E-state index contributed by atoms with van der Waals surface area (Å²) < 4.78 is 12.1. The quantitative estimate of drug-likeness (QED) is 0.465. The number of hydrogen-bond donors (Lipinski definition) is 1. The van der Waals surface area contributed by atoms with E-state index in [9.17, 15) is 9.90 Å². The van der Waals surface area contributed by atoms with Crippen molar-refractivity contribution < 1.29 is 19.4 Å². The highest BCUT2D eigenvalue weighted by Gasteiger charge is 2.56. The summed E-state index contributed by atoms with van der Waals surface area (Å²) in [6, 6.07) is 17.3. The standard InChI is InChI=1S/C34H38N2O4/c1-33(2)26-20-30-22(8-6-12-35(30)14-16-37)18-28(26)34(25-11-5-4-10-24(25)32(38)40-34)29-19-23-9-7-13-36(15-17-39-3)31(23)21-27(29)33/h4-5,10-11,18-21,37H,6-9,12-17H2,1-3H3. The number of esters is 1. The van der Waals surface area contributed by atoms with Gasteiger partial charge in [-0.25, -0.2) is 4.79 Å². The first-order valence-corrected chi connectivity index (χ1v) is 14.7. The first kappa shape index (κ1) is 25.6. The first-order chi connectivity index (χ1) is 19.4. The Balaban J connectivity index is 1.53. The smallest absolute Gasteiger partial charge is 0.340 e. The number of benzene rings is 3. The molecule has 1 spiro atoms. The molecule has 0 radical (unpaired) electrons. The highest BCUT2D eigenvalue weighted by Crippen LogP contribution is 2.58. The Kier molecular flexibility index (Phi) is 5.99. The number of β-amino-alcohol motifs (C(OH)–C–C–N with tert-alkyl or cyclic N) is 1. The van der Waals surface area contributed by atoms with Gasteiger partial charge in [0.1, 0.15) is 0 Å². The second-order valence-electron chi connectivity index (χ2n) is 12.2. The van der Waals surface area contributed by atoms with Crippen LogP contribution in [-0.4, -0.2) is 57.6 Å². The zero-order valence-corrected chi connectivity index (χ0v) is 23.8. The van der Waals surface area contributed by atoms with Crippen molar-refractivity contribution in [3.8, 4) is 0 Å². The second-order valence-corrected chi connectivity index (χ2v) is 12.2. The number of methoxy groups -OCH3 is 1. The summed E-state index contributed by atoms with van der Waals surface area (Å²) in [5.74, 6) is -0.258. The van der Waals surface area contributed by atoms with E-state index in [1.165, 1.54) is 33.6 Å². The summed E-state index contributed by atoms with van der Waals surface area (Å²) in [6.07, 6.45) is 4.11. The summed E-state index contributed by atoms with van der Waals surface area (Å²) in [4.78, 5) is 18.3. The molecule has 0 saturated carbocycles. The summed E-state index contributed by atoms with van der Waals surface area (Å²) in [5.41, 5.74) is 9.90. The molecular weight excluding hydrogens is 500 g/mol. The Bertz CT molecular complexity index is 1510. The van der Waals surface area contributed by atoms with E-state index in [1.54, 1.807) is 7.11 Å². The molecule has 40 heavy (non-hydrogen) atoms. The molecule has 6 heteroatoms. The summed E-state index contributed by atoms with van der Waals surface area (Å²) in [7, 11) is 1.76. The van der Waals surface area contributed by atoms with E-state index in [0.29, 0.717) is 18.7 Å². The SMILES string of the molecule is COCCN1CCCc2cc3c(cc21)C(C)(C)c1cc2c(cc1C31OC(=O)c3ccccc31)CCCN2CCO. The van der Waals surface area contributed by atoms with E-state index >= 15 is 0 Å². The fraction of sp³-hybridized carbons (Fsp3) is 0.441. The topological polar surface area (TPSA) is 62.2 Å². The van der Waals surface area contributed by atoms with Crippen LogP contribution in [0.5, 0.6) is 0 Å². The average Bonchev–Trinajstić information content (AvgIpc) is 3.27. The zero-order valence-electron chi connectivity index (χ0n) is 23.8. The molecule has 3 heterocycles. The minimum absolute atomic E-state index is 0.126. The van der Waals surface area contributed by atoms with Crippen LogP contribution in [0.4, 0.5) is 11.4 Å². The van der Waals surface area contributed by atoms with Crippen LogP contribution >= 0.6 is 0 Å². The van der Waals surface area contributed by atoms with E-state index in [4.69, 9.17) is 9.47 Å². The fourth-order valence-electron chi connectivity index (χ4n) is 7.73. The normalized spacial score (nSPS) is 21.9. The van der Waals surface area contributed by atoms with Gasteiger partial charge < -0.3 is 24.4 Å². The van der Waals surface area contributed by atoms with Gasteiger partial charge >= 0.3 is 5.97 Å². The lowest BCUT2D eigenvalue weighted by Gasteiger charge is -2.47. The third-order valence-corrected chi connectivity index (χ3v) is 9.68. The van der Waals surface area contributed by atoms with Crippen LogP contribution in [0.2, 0.25) is 0 Å². The van der Waals surface area contributed by atoms with Gasteiger partial charge in [0.15, 0.2) is 5.60 Å². The molecule has 1 atom stereocenters. The summed E-state index contributed by atoms with van der Waals surface area (Å²) in [5, 5.41) is 9.81. The second kappa shape index (κ2) is 9.35. The van der Waals surface area contributed by atoms with Gasteiger partial charge in [-0.2, -0.15) is 0 Å². The van der Waals surface area contributed by atoms with E-state index in [2.05, 4.69) is 54.0 Å². The number of aliphatic hydroxyl groups is 1. The zero-order chi connectivity index (χ0) is 27.6. The number of rotatable bonds is 5. The van der Waals surface area contributed by atoms with Crippen molar-refractivity contribution in [3.63, 3.8) is 0 Å². The lowest BCUT2D eigenvalue weighted by Crippen LogP contribution is -2.43. The number of nitrogens with zero attached hydrogens (tertiary/aromatic N) is 2. The van der Waals surface area contributed by atoms with Gasteiger partial charge in [-0.05, 0) is 78.3 Å². The summed E-state index contributed by atoms with van der Waals surface area (Å²) in [6.45, 7) is 8.85. The number of aliphatic hydroxyl groups excluding tert-OH is 1. The number of carbonyl (C=O) groups is 1. The number of ether oxygens (including phenoxy) is 2. The van der Waals surface area contributed by atoms with Crippen LogP contribution in [0.1, 0.15) is 76.0 Å². The predicted octanol–water partition coefficient (Wildman–Crippen LogP) is 4.93. The van der Waals surface area contributed by atoms with E-state index in [-0.39, 0.29) is 18.0 Å². The molecule has 0 saturated heterocycles. The maximum atomic E-state index is 13.5. The maximum absolute atomic E-state index is 13.5. The van der Waals surface area contributed by atoms with E-state index in [0.717, 1.165) is 62.0 Å². The van der Waals surface area contributed by atoms with Crippen molar-refractivity contribution in [1.29, 1.82) is 0 Å². The van der Waals surface area contributed by atoms with Crippen LogP contribution in [0.15, 0.2) is 48.5 Å². The molecule has 4 aliphatic rings. The van der Waals surface area contributed by atoms with Crippen LogP contribution in [0.3, 0.4) is 0 Å². The van der Waals surface area contributed by atoms with E-state index in [1.807, 2.05) is 18.2 Å². The van der Waals surface area contributed by atoms with Gasteiger partial charge in [0.05, 0.1) is 18.8 Å². The lowest BCUT2D eigenvalue weighted by molar-refractivity contribution is 0.0231. The monoisotopic (exact) mass is 538 g/mol. The Morgan fingerprint density at radius 3 is 2.05 bits per heavy atom. The Morgan fingerprint density at radius 1 is 0.850 bits per heavy atom. The Hall–Kier alpha value is -3.35. The molecule has 7 rings (SSSR count). The molecular formula is C34H38N2O4. The van der Waals surface area contributed by atoms with Crippen LogP contribution < -0.4 is 9.80 Å². The minimum atomic E-state index is -0.980. The lowest BCUT2D eigenvalue weighted by atomic mass is 9.60. The molecule has 0 amide bonds. The average molecular weight is 539 g/mol. The number of carbonyl (C=O) groups excluding carboxylic acids is 1. The van der Waals surface area contributed by atoms with Crippen LogP contribution in [-0.2, 0) is 33.3 Å². The molecule has 1 unspecified atom stereocenters. The van der Waals surface area contributed by atoms with E-state index < -0.39 is 5.60 Å². The van der Waals surface area contributed by atoms with Crippen molar-refractivity contribution in [1.82, 2.24) is 0 Å². The largest absolute Gasteiger partial charge is 0.441 e. The fourth-order valence-corrected chi connectivity index (χ4v) is 7.73. The van der Waals surface area contributed by atoms with Crippen LogP contribution in [0, 0.1) is 0 Å². The molecule has 0 aromatic heterocycles. The van der Waals surface area contributed by atoms with Gasteiger partial charge in [-0.1, -0.05) is 32.0 Å². The van der Waals surface area contributed by atoms with Crippen molar-refractivity contribution in [2.75, 3.05) is 56.3 Å². The van der Waals surface area contributed by atoms with Gasteiger partial charge in [-0.15, -0.1) is 0 Å². The highest BCUT2D eigenvalue weighted by atomic mass is 16.6. The molecule has 0 fully saturated rings. The molecule has 3 aliphatic heterocycles. The van der Waals surface area contributed by atoms with Crippen molar-refractivity contribution in [2.45, 2.75) is 50.5 Å². The molecule has 0 bridgehead atoms. The van der Waals surface area contributed by atoms with Crippen molar-refractivity contribution in [3.05, 3.63) is 93.0 Å². The van der Waals surface area contributed by atoms with Crippen molar-refractivity contribution in [2.24, 2.45) is 0 Å². The highest BCUT2D eigenvalue weighted by molar-refractivity contribution is 5.97. The van der Waals surface area contributed by atoms with Gasteiger partial charge in [-0.3, -0.25) is 0 Å². The van der Waals surface area contributed by atoms with Gasteiger partial charge in [0.2, 0.25) is 0 Å². The van der Waals surface area contributed by atoms with Crippen molar-refractivity contribution >= 4 is 17.3 Å². The van der Waals surface area contributed by atoms with Crippen LogP contribution in [0.25, 0.3) is 0 Å².